The molecule has 2 aliphatic rings. The lowest BCUT2D eigenvalue weighted by Gasteiger charge is -2.44. The first-order valence-corrected chi connectivity index (χ1v) is 7.01. The highest BCUT2D eigenvalue weighted by atomic mass is 16.2. The molecule has 19 heavy (non-hydrogen) atoms. The molecule has 0 atom stereocenters. The van der Waals surface area contributed by atoms with Crippen molar-refractivity contribution in [2.75, 3.05) is 33.2 Å². The van der Waals surface area contributed by atoms with Gasteiger partial charge in [-0.2, -0.15) is 0 Å². The molecule has 5 nitrogen and oxygen atoms in total. The summed E-state index contributed by atoms with van der Waals surface area (Å²) in [6.07, 6.45) is 2.16. The molecular formula is C14H25N3O2. The molecule has 2 saturated heterocycles. The van der Waals surface area contributed by atoms with E-state index in [-0.39, 0.29) is 23.8 Å². The van der Waals surface area contributed by atoms with E-state index in [0.29, 0.717) is 6.54 Å². The maximum absolute atomic E-state index is 12.4. The number of hydrogen-bond donors (Lipinski definition) is 1. The third-order valence-corrected chi connectivity index (χ3v) is 4.37. The van der Waals surface area contributed by atoms with Gasteiger partial charge in [-0.1, -0.05) is 6.92 Å². The third kappa shape index (κ3) is 3.08. The van der Waals surface area contributed by atoms with Crippen molar-refractivity contribution in [1.29, 1.82) is 0 Å². The van der Waals surface area contributed by atoms with E-state index in [2.05, 4.69) is 24.2 Å². The van der Waals surface area contributed by atoms with Crippen molar-refractivity contribution in [2.45, 2.75) is 39.2 Å². The topological polar surface area (TPSA) is 52.6 Å². The van der Waals surface area contributed by atoms with Gasteiger partial charge in [0, 0.05) is 6.54 Å². The van der Waals surface area contributed by atoms with Gasteiger partial charge in [0.1, 0.15) is 5.54 Å². The van der Waals surface area contributed by atoms with Crippen molar-refractivity contribution in [3.63, 3.8) is 0 Å². The molecule has 0 aromatic carbocycles. The van der Waals surface area contributed by atoms with Crippen LogP contribution in [-0.4, -0.2) is 60.4 Å². The monoisotopic (exact) mass is 267 g/mol. The normalized spacial score (nSPS) is 27.3. The van der Waals surface area contributed by atoms with Crippen LogP contribution >= 0.6 is 0 Å². The molecule has 0 saturated carbocycles. The van der Waals surface area contributed by atoms with Gasteiger partial charge in [0.05, 0.1) is 6.54 Å². The van der Waals surface area contributed by atoms with Gasteiger partial charge in [-0.05, 0) is 52.2 Å². The Labute approximate surface area is 115 Å². The van der Waals surface area contributed by atoms with E-state index >= 15 is 0 Å². The minimum absolute atomic E-state index is 0.0345. The Hall–Kier alpha value is -1.10. The summed E-state index contributed by atoms with van der Waals surface area (Å²) in [4.78, 5) is 28.1. The summed E-state index contributed by atoms with van der Waals surface area (Å²) in [6, 6.07) is 0. The van der Waals surface area contributed by atoms with E-state index in [1.165, 1.54) is 0 Å². The van der Waals surface area contributed by atoms with Gasteiger partial charge in [0.15, 0.2) is 0 Å². The second kappa shape index (κ2) is 4.78. The Morgan fingerprint density at radius 2 is 1.74 bits per heavy atom. The highest BCUT2D eigenvalue weighted by molar-refractivity contribution is 5.97. The summed E-state index contributed by atoms with van der Waals surface area (Å²) in [6.45, 7) is 8.80. The number of amides is 2. The zero-order chi connectivity index (χ0) is 14.3. The van der Waals surface area contributed by atoms with Crippen LogP contribution in [0.25, 0.3) is 0 Å². The number of nitrogens with zero attached hydrogens (tertiary/aromatic N) is 2. The highest BCUT2D eigenvalue weighted by Gasteiger charge is 2.42. The van der Waals surface area contributed by atoms with Crippen LogP contribution in [0.2, 0.25) is 0 Å². The molecule has 2 rings (SSSR count). The minimum atomic E-state index is -0.767. The molecule has 0 aromatic heterocycles. The summed E-state index contributed by atoms with van der Waals surface area (Å²) < 4.78 is 0. The smallest absolute Gasteiger partial charge is 0.248 e. The number of likely N-dealkylation sites (tertiary alicyclic amines) is 1. The molecule has 1 N–H and O–H groups in total. The average molecular weight is 267 g/mol. The van der Waals surface area contributed by atoms with Gasteiger partial charge in [0.2, 0.25) is 11.8 Å². The van der Waals surface area contributed by atoms with Gasteiger partial charge in [-0.25, -0.2) is 0 Å². The van der Waals surface area contributed by atoms with E-state index in [1.54, 1.807) is 18.7 Å². The largest absolute Gasteiger partial charge is 0.341 e. The molecule has 0 spiro atoms. The van der Waals surface area contributed by atoms with Crippen molar-refractivity contribution < 1.29 is 9.59 Å². The molecule has 5 heteroatoms. The van der Waals surface area contributed by atoms with Crippen LogP contribution in [-0.2, 0) is 9.59 Å². The fourth-order valence-electron chi connectivity index (χ4n) is 2.99. The Morgan fingerprint density at radius 1 is 1.16 bits per heavy atom. The SMILES string of the molecule is CN1CCC(C)(CN2CC(=O)NC(C)(C)C2=O)CC1. The van der Waals surface area contributed by atoms with Crippen LogP contribution in [0.1, 0.15) is 33.6 Å². The van der Waals surface area contributed by atoms with Crippen molar-refractivity contribution in [1.82, 2.24) is 15.1 Å². The number of carbonyl (C=O) groups excluding carboxylic acids is 2. The van der Waals surface area contributed by atoms with Crippen LogP contribution in [0, 0.1) is 5.41 Å². The number of nitrogens with one attached hydrogen (secondary N) is 1. The van der Waals surface area contributed by atoms with E-state index in [9.17, 15) is 9.59 Å². The fourth-order valence-corrected chi connectivity index (χ4v) is 2.99. The van der Waals surface area contributed by atoms with Gasteiger partial charge in [0.25, 0.3) is 0 Å². The molecular weight excluding hydrogens is 242 g/mol. The quantitative estimate of drug-likeness (QED) is 0.790. The lowest BCUT2D eigenvalue weighted by Crippen LogP contribution is -2.65. The Kier molecular flexibility index (Phi) is 3.60. The predicted molar refractivity (Wildman–Crippen MR) is 73.6 cm³/mol. The Bertz CT molecular complexity index is 384. The van der Waals surface area contributed by atoms with Crippen molar-refractivity contribution in [3.8, 4) is 0 Å². The lowest BCUT2D eigenvalue weighted by atomic mass is 9.79. The summed E-state index contributed by atoms with van der Waals surface area (Å²) in [5, 5.41) is 2.75. The van der Waals surface area contributed by atoms with E-state index in [1.807, 2.05) is 0 Å². The maximum atomic E-state index is 12.4. The Morgan fingerprint density at radius 3 is 2.32 bits per heavy atom. The zero-order valence-electron chi connectivity index (χ0n) is 12.5. The molecule has 2 amide bonds. The van der Waals surface area contributed by atoms with Crippen molar-refractivity contribution in [3.05, 3.63) is 0 Å². The second-order valence-corrected chi connectivity index (χ2v) is 6.95. The molecule has 0 unspecified atom stereocenters. The fraction of sp³-hybridized carbons (Fsp3) is 0.857. The van der Waals surface area contributed by atoms with E-state index in [0.717, 1.165) is 25.9 Å². The van der Waals surface area contributed by atoms with Gasteiger partial charge >= 0.3 is 0 Å². The van der Waals surface area contributed by atoms with Crippen LogP contribution in [0.15, 0.2) is 0 Å². The first-order valence-electron chi connectivity index (χ1n) is 7.01. The van der Waals surface area contributed by atoms with Crippen LogP contribution in [0.4, 0.5) is 0 Å². The average Bonchev–Trinajstić information content (AvgIpc) is 2.29. The molecule has 0 aliphatic carbocycles. The van der Waals surface area contributed by atoms with Gasteiger partial charge in [-0.3, -0.25) is 9.59 Å². The maximum Gasteiger partial charge on any atom is 0.248 e. The standard InChI is InChI=1S/C14H25N3O2/c1-13(2)12(19)17(9-11(18)15-13)10-14(3)5-7-16(4)8-6-14/h5-10H2,1-4H3,(H,15,18). The van der Waals surface area contributed by atoms with Crippen LogP contribution in [0.3, 0.4) is 0 Å². The second-order valence-electron chi connectivity index (χ2n) is 6.95. The molecule has 2 fully saturated rings. The third-order valence-electron chi connectivity index (χ3n) is 4.37. The van der Waals surface area contributed by atoms with E-state index < -0.39 is 5.54 Å². The summed E-state index contributed by atoms with van der Waals surface area (Å²) in [5.41, 5.74) is -0.632. The summed E-state index contributed by atoms with van der Waals surface area (Å²) in [7, 11) is 2.13. The molecule has 0 radical (unpaired) electrons. The van der Waals surface area contributed by atoms with Crippen molar-refractivity contribution >= 4 is 11.8 Å². The molecule has 2 heterocycles. The number of hydrogen-bond acceptors (Lipinski definition) is 3. The van der Waals surface area contributed by atoms with E-state index in [4.69, 9.17) is 0 Å². The first kappa shape index (κ1) is 14.3. The zero-order valence-corrected chi connectivity index (χ0v) is 12.5. The van der Waals surface area contributed by atoms with Gasteiger partial charge < -0.3 is 15.1 Å². The Balaban J connectivity index is 2.05. The lowest BCUT2D eigenvalue weighted by molar-refractivity contribution is -0.150. The number of carbonyl (C=O) groups is 2. The van der Waals surface area contributed by atoms with Crippen molar-refractivity contribution in [2.24, 2.45) is 5.41 Å². The molecule has 2 aliphatic heterocycles. The first-order chi connectivity index (χ1) is 8.72. The summed E-state index contributed by atoms with van der Waals surface area (Å²) >= 11 is 0. The summed E-state index contributed by atoms with van der Waals surface area (Å²) in [5.74, 6) is -0.0200. The molecule has 0 bridgehead atoms. The predicted octanol–water partition coefficient (Wildman–Crippen LogP) is 0.455. The minimum Gasteiger partial charge on any atom is -0.341 e. The number of piperidine rings is 1. The number of piperazine rings is 1. The van der Waals surface area contributed by atoms with Gasteiger partial charge in [-0.15, -0.1) is 0 Å². The molecule has 108 valence electrons. The van der Waals surface area contributed by atoms with Crippen LogP contribution in [0.5, 0.6) is 0 Å². The molecule has 0 aromatic rings. The number of rotatable bonds is 2. The highest BCUT2D eigenvalue weighted by Crippen LogP contribution is 2.32. The van der Waals surface area contributed by atoms with Crippen LogP contribution < -0.4 is 5.32 Å².